The van der Waals surface area contributed by atoms with Crippen LogP contribution in [0.4, 0.5) is 0 Å². The second-order valence-corrected chi connectivity index (χ2v) is 5.48. The van der Waals surface area contributed by atoms with Crippen molar-refractivity contribution in [3.63, 3.8) is 0 Å². The summed E-state index contributed by atoms with van der Waals surface area (Å²) in [5, 5.41) is 0. The minimum Gasteiger partial charge on any atom is -0.301 e. The van der Waals surface area contributed by atoms with Crippen molar-refractivity contribution in [2.24, 2.45) is 5.41 Å². The Hall–Kier alpha value is 0.540. The van der Waals surface area contributed by atoms with Crippen LogP contribution in [0.5, 0.6) is 0 Å². The van der Waals surface area contributed by atoms with Crippen LogP contribution in [-0.4, -0.2) is 30.4 Å². The first-order valence-electron chi connectivity index (χ1n) is 6.54. The molecule has 1 fully saturated rings. The van der Waals surface area contributed by atoms with Gasteiger partial charge < -0.3 is 4.90 Å². The van der Waals surface area contributed by atoms with E-state index in [4.69, 9.17) is 11.6 Å². The Bertz CT molecular complexity index is 157. The second kappa shape index (κ2) is 8.60. The highest BCUT2D eigenvalue weighted by atomic mass is 35.5. The predicted molar refractivity (Wildman–Crippen MR) is 75.9 cm³/mol. The van der Waals surface area contributed by atoms with E-state index in [0.717, 1.165) is 12.4 Å². The second-order valence-electron chi connectivity index (χ2n) is 5.11. The molecule has 98 valence electrons. The van der Waals surface area contributed by atoms with Crippen LogP contribution in [0.2, 0.25) is 0 Å². The Morgan fingerprint density at radius 1 is 1.06 bits per heavy atom. The maximum atomic E-state index is 5.77. The molecule has 0 radical (unpaired) electrons. The van der Waals surface area contributed by atoms with Gasteiger partial charge in [0.15, 0.2) is 0 Å². The third-order valence-corrected chi connectivity index (χ3v) is 3.81. The van der Waals surface area contributed by atoms with Gasteiger partial charge in [-0.2, -0.15) is 0 Å². The average Bonchev–Trinajstić information content (AvgIpc) is 2.19. The number of nitrogens with zero attached hydrogens (tertiary/aromatic N) is 1. The lowest BCUT2D eigenvalue weighted by Crippen LogP contribution is -2.56. The van der Waals surface area contributed by atoms with Crippen LogP contribution in [0, 0.1) is 5.41 Å². The smallest absolute Gasteiger partial charge is 0.0351 e. The number of alkyl halides is 1. The van der Waals surface area contributed by atoms with Gasteiger partial charge in [0, 0.05) is 25.5 Å². The number of halogens is 2. The first kappa shape index (κ1) is 16.5. The third-order valence-electron chi connectivity index (χ3n) is 3.64. The summed E-state index contributed by atoms with van der Waals surface area (Å²) >= 11 is 5.77. The summed E-state index contributed by atoms with van der Waals surface area (Å²) in [4.78, 5) is 2.51. The number of likely N-dealkylation sites (tertiary alicyclic amines) is 1. The molecule has 0 spiro atoms. The van der Waals surface area contributed by atoms with Crippen molar-refractivity contribution < 1.29 is 0 Å². The van der Waals surface area contributed by atoms with Crippen molar-refractivity contribution in [3.8, 4) is 0 Å². The normalized spacial score (nSPS) is 18.9. The fourth-order valence-electron chi connectivity index (χ4n) is 2.72. The minimum atomic E-state index is 0. The largest absolute Gasteiger partial charge is 0.301 e. The molecular weight excluding hydrogens is 241 g/mol. The summed E-state index contributed by atoms with van der Waals surface area (Å²) < 4.78 is 0. The van der Waals surface area contributed by atoms with Gasteiger partial charge >= 0.3 is 0 Å². The van der Waals surface area contributed by atoms with Gasteiger partial charge in [-0.15, -0.1) is 24.0 Å². The molecule has 0 saturated carbocycles. The van der Waals surface area contributed by atoms with E-state index in [9.17, 15) is 0 Å². The molecule has 0 unspecified atom stereocenters. The van der Waals surface area contributed by atoms with Crippen molar-refractivity contribution in [2.75, 3.05) is 25.5 Å². The molecule has 1 saturated heterocycles. The SMILES string of the molecule is CCCCC1(CCCC)CN(CCCl)C1.Cl. The molecule has 0 amide bonds. The van der Waals surface area contributed by atoms with Gasteiger partial charge in [-0.1, -0.05) is 39.5 Å². The maximum Gasteiger partial charge on any atom is 0.0351 e. The van der Waals surface area contributed by atoms with E-state index in [1.165, 1.54) is 51.6 Å². The molecule has 3 heteroatoms. The minimum absolute atomic E-state index is 0. The van der Waals surface area contributed by atoms with E-state index in [0.29, 0.717) is 5.41 Å². The van der Waals surface area contributed by atoms with Gasteiger partial charge in [0.25, 0.3) is 0 Å². The van der Waals surface area contributed by atoms with E-state index in [1.54, 1.807) is 0 Å². The van der Waals surface area contributed by atoms with Crippen LogP contribution in [0.15, 0.2) is 0 Å². The fraction of sp³-hybridized carbons (Fsp3) is 1.00. The summed E-state index contributed by atoms with van der Waals surface area (Å²) in [7, 11) is 0. The zero-order chi connectivity index (χ0) is 11.1. The summed E-state index contributed by atoms with van der Waals surface area (Å²) in [6.07, 6.45) is 8.34. The van der Waals surface area contributed by atoms with E-state index in [2.05, 4.69) is 18.7 Å². The highest BCUT2D eigenvalue weighted by molar-refractivity contribution is 6.18. The molecule has 1 aliphatic heterocycles. The predicted octanol–water partition coefficient (Wildman–Crippen LogP) is 4.33. The molecule has 1 nitrogen and oxygen atoms in total. The van der Waals surface area contributed by atoms with Gasteiger partial charge in [0.05, 0.1) is 0 Å². The zero-order valence-corrected chi connectivity index (χ0v) is 12.4. The lowest BCUT2D eigenvalue weighted by molar-refractivity contribution is -0.0119. The lowest BCUT2D eigenvalue weighted by atomic mass is 9.72. The standard InChI is InChI=1S/C13H26ClN.ClH/c1-3-5-7-13(8-6-4-2)11-15(12-13)10-9-14;/h3-12H2,1-2H3;1H. The van der Waals surface area contributed by atoms with Crippen LogP contribution in [0.1, 0.15) is 52.4 Å². The quantitative estimate of drug-likeness (QED) is 0.592. The molecule has 16 heavy (non-hydrogen) atoms. The lowest BCUT2D eigenvalue weighted by Gasteiger charge is -2.51. The first-order chi connectivity index (χ1) is 7.26. The van der Waals surface area contributed by atoms with Crippen molar-refractivity contribution in [1.29, 1.82) is 0 Å². The van der Waals surface area contributed by atoms with E-state index >= 15 is 0 Å². The Morgan fingerprint density at radius 2 is 1.56 bits per heavy atom. The Balaban J connectivity index is 0.00000225. The van der Waals surface area contributed by atoms with Crippen molar-refractivity contribution in [1.82, 2.24) is 4.90 Å². The number of unbranched alkanes of at least 4 members (excludes halogenated alkanes) is 2. The van der Waals surface area contributed by atoms with Crippen molar-refractivity contribution >= 4 is 24.0 Å². The van der Waals surface area contributed by atoms with E-state index in [1.807, 2.05) is 0 Å². The van der Waals surface area contributed by atoms with E-state index in [-0.39, 0.29) is 12.4 Å². The summed E-state index contributed by atoms with van der Waals surface area (Å²) in [6, 6.07) is 0. The summed E-state index contributed by atoms with van der Waals surface area (Å²) in [5.74, 6) is 0.789. The zero-order valence-electron chi connectivity index (χ0n) is 10.8. The van der Waals surface area contributed by atoms with Crippen LogP contribution in [0.3, 0.4) is 0 Å². The topological polar surface area (TPSA) is 3.24 Å². The van der Waals surface area contributed by atoms with Gasteiger partial charge in [0.2, 0.25) is 0 Å². The molecule has 0 aromatic heterocycles. The van der Waals surface area contributed by atoms with Crippen LogP contribution in [-0.2, 0) is 0 Å². The molecule has 0 bridgehead atoms. The van der Waals surface area contributed by atoms with Crippen molar-refractivity contribution in [2.45, 2.75) is 52.4 Å². The molecule has 1 rings (SSSR count). The van der Waals surface area contributed by atoms with Crippen LogP contribution in [0.25, 0.3) is 0 Å². The van der Waals surface area contributed by atoms with Crippen LogP contribution < -0.4 is 0 Å². The van der Waals surface area contributed by atoms with Gasteiger partial charge in [-0.3, -0.25) is 0 Å². The summed E-state index contributed by atoms with van der Waals surface area (Å²) in [6.45, 7) is 8.28. The Labute approximate surface area is 112 Å². The molecular formula is C13H27Cl2N. The van der Waals surface area contributed by atoms with Gasteiger partial charge in [0.1, 0.15) is 0 Å². The highest BCUT2D eigenvalue weighted by Gasteiger charge is 2.40. The molecule has 1 aliphatic rings. The monoisotopic (exact) mass is 267 g/mol. The van der Waals surface area contributed by atoms with Gasteiger partial charge in [-0.25, -0.2) is 0 Å². The van der Waals surface area contributed by atoms with Crippen LogP contribution >= 0.6 is 24.0 Å². The van der Waals surface area contributed by atoms with E-state index < -0.39 is 0 Å². The molecule has 0 atom stereocenters. The molecule has 0 N–H and O–H groups in total. The number of hydrogen-bond donors (Lipinski definition) is 0. The maximum absolute atomic E-state index is 5.77. The molecule has 0 aromatic carbocycles. The Morgan fingerprint density at radius 3 is 1.94 bits per heavy atom. The summed E-state index contributed by atoms with van der Waals surface area (Å²) in [5.41, 5.74) is 0.665. The first-order valence-corrected chi connectivity index (χ1v) is 7.08. The third kappa shape index (κ3) is 4.81. The number of hydrogen-bond acceptors (Lipinski definition) is 1. The molecule has 0 aliphatic carbocycles. The fourth-order valence-corrected chi connectivity index (χ4v) is 2.96. The van der Waals surface area contributed by atoms with Gasteiger partial charge in [-0.05, 0) is 18.3 Å². The average molecular weight is 268 g/mol. The highest BCUT2D eigenvalue weighted by Crippen LogP contribution is 2.40. The van der Waals surface area contributed by atoms with Crippen molar-refractivity contribution in [3.05, 3.63) is 0 Å². The Kier molecular flexibility index (Phi) is 8.90. The number of rotatable bonds is 8. The molecule has 0 aromatic rings. The molecule has 1 heterocycles.